The minimum absolute atomic E-state index is 0.0928. The number of rotatable bonds is 8. The highest BCUT2D eigenvalue weighted by Gasteiger charge is 2.62. The predicted octanol–water partition coefficient (Wildman–Crippen LogP) is 8.64. The summed E-state index contributed by atoms with van der Waals surface area (Å²) >= 11 is 0. The Morgan fingerprint density at radius 2 is 1.62 bits per heavy atom. The Balaban J connectivity index is 1.05. The Labute approximate surface area is 313 Å². The van der Waals surface area contributed by atoms with Gasteiger partial charge in [0.05, 0.1) is 17.7 Å². The number of nitrogens with one attached hydrogen (secondary N) is 1. The second kappa shape index (κ2) is 13.3. The van der Waals surface area contributed by atoms with Crippen molar-refractivity contribution in [2.45, 2.75) is 119 Å². The van der Waals surface area contributed by atoms with Crippen molar-refractivity contribution in [3.8, 4) is 17.1 Å². The first-order valence-electron chi connectivity index (χ1n) is 19.5. The molecule has 6 fully saturated rings. The van der Waals surface area contributed by atoms with E-state index in [4.69, 9.17) is 4.74 Å². The number of aliphatic carboxylic acids is 1. The fraction of sp³-hybridized carbons (Fsp3) is 0.575. The molecule has 10 rings (SSSR count). The summed E-state index contributed by atoms with van der Waals surface area (Å²) < 4.78 is 83.2. The number of carboxylic acid groups (broad SMARTS) is 1. The van der Waals surface area contributed by atoms with E-state index in [-0.39, 0.29) is 67.1 Å². The molecule has 0 unspecified atom stereocenters. The van der Waals surface area contributed by atoms with Gasteiger partial charge < -0.3 is 19.7 Å². The van der Waals surface area contributed by atoms with Crippen molar-refractivity contribution >= 4 is 22.8 Å². The molecule has 2 N–H and O–H groups in total. The third-order valence-corrected chi connectivity index (χ3v) is 13.4. The normalized spacial score (nSPS) is 30.4. The average Bonchev–Trinajstić information content (AvgIpc) is 3.82. The van der Waals surface area contributed by atoms with Crippen LogP contribution in [0, 0.1) is 23.7 Å². The maximum atomic E-state index is 14.9. The first kappa shape index (κ1) is 36.1. The van der Waals surface area contributed by atoms with Gasteiger partial charge in [-0.25, -0.2) is 23.5 Å². The first-order valence-corrected chi connectivity index (χ1v) is 19.5. The van der Waals surface area contributed by atoms with Gasteiger partial charge >= 0.3 is 12.1 Å². The molecular formula is C40H43F5N6O4. The van der Waals surface area contributed by atoms with Gasteiger partial charge in [0.15, 0.2) is 11.5 Å². The summed E-state index contributed by atoms with van der Waals surface area (Å²) in [4.78, 5) is 35.0. The first-order chi connectivity index (χ1) is 26.3. The number of amides is 1. The van der Waals surface area contributed by atoms with Crippen LogP contribution in [-0.2, 0) is 11.0 Å². The molecular weight excluding hydrogens is 723 g/mol. The SMILES string of the molecule is O=C(NC1(C(=O)O)C2CC3CC(C2)CC1C3)c1cnc(-c2cn(C3CCC(F)(F)CC3)c3ccc(O[C@H]4CC[C@H](n5cccn5)CC4)cc23)nc1C(F)(F)F. The highest BCUT2D eigenvalue weighted by Crippen LogP contribution is 2.58. The van der Waals surface area contributed by atoms with E-state index in [0.29, 0.717) is 54.2 Å². The number of aromatic nitrogens is 5. The third-order valence-electron chi connectivity index (χ3n) is 13.4. The molecule has 0 spiro atoms. The Kier molecular flexibility index (Phi) is 8.72. The molecule has 10 nitrogen and oxygen atoms in total. The fourth-order valence-electron chi connectivity index (χ4n) is 10.9. The van der Waals surface area contributed by atoms with Gasteiger partial charge in [-0.1, -0.05) is 0 Å². The van der Waals surface area contributed by atoms with Crippen LogP contribution in [0.2, 0.25) is 0 Å². The summed E-state index contributed by atoms with van der Waals surface area (Å²) in [6.45, 7) is 0. The molecule has 0 radical (unpaired) electrons. The maximum Gasteiger partial charge on any atom is 0.434 e. The molecule has 6 saturated carbocycles. The van der Waals surface area contributed by atoms with Crippen molar-refractivity contribution in [2.24, 2.45) is 23.7 Å². The van der Waals surface area contributed by atoms with Gasteiger partial charge in [-0.2, -0.15) is 18.3 Å². The van der Waals surface area contributed by atoms with Gasteiger partial charge in [0.25, 0.3) is 5.91 Å². The van der Waals surface area contributed by atoms with Crippen molar-refractivity contribution in [3.05, 3.63) is 60.3 Å². The standard InChI is InChI=1S/C40H43F5N6O4/c41-38(42)10-8-26(9-11-38)50-21-32(30-19-29(6-7-33(30)50)55-28-4-2-27(3-5-28)51-13-1-12-47-51)35-46-20-31(34(48-35)40(43,44)45)36(52)49-39(37(53)54)24-15-22-14-23(17-24)18-25(39)16-22/h1,6-7,12-13,19-28H,2-5,8-11,14-18H2,(H,49,52)(H,53,54)/t22?,23?,24?,25?,27-,28-,39?. The molecule has 15 heteroatoms. The van der Waals surface area contributed by atoms with Crippen molar-refractivity contribution in [3.63, 3.8) is 0 Å². The summed E-state index contributed by atoms with van der Waals surface area (Å²) in [7, 11) is 0. The smallest absolute Gasteiger partial charge is 0.434 e. The van der Waals surface area contributed by atoms with Crippen molar-refractivity contribution in [2.75, 3.05) is 0 Å². The van der Waals surface area contributed by atoms with Crippen LogP contribution in [-0.4, -0.2) is 58.9 Å². The van der Waals surface area contributed by atoms with Gasteiger partial charge in [0.1, 0.15) is 11.3 Å². The molecule has 3 aromatic heterocycles. The number of hydrogen-bond donors (Lipinski definition) is 2. The van der Waals surface area contributed by atoms with E-state index in [0.717, 1.165) is 38.3 Å². The molecule has 3 heterocycles. The summed E-state index contributed by atoms with van der Waals surface area (Å²) in [5.41, 5.74) is -3.13. The number of carbonyl (C=O) groups is 2. The van der Waals surface area contributed by atoms with Crippen LogP contribution < -0.4 is 10.1 Å². The number of halogens is 5. The van der Waals surface area contributed by atoms with Crippen molar-refractivity contribution in [1.29, 1.82) is 0 Å². The van der Waals surface area contributed by atoms with Crippen molar-refractivity contribution < 1.29 is 41.4 Å². The number of ether oxygens (including phenoxy) is 1. The zero-order valence-corrected chi connectivity index (χ0v) is 30.2. The summed E-state index contributed by atoms with van der Waals surface area (Å²) in [5.74, 6) is -4.98. The average molecular weight is 767 g/mol. The van der Waals surface area contributed by atoms with E-state index in [1.807, 2.05) is 21.5 Å². The zero-order valence-electron chi connectivity index (χ0n) is 30.2. The van der Waals surface area contributed by atoms with E-state index < -0.39 is 40.8 Å². The Morgan fingerprint density at radius 1 is 0.927 bits per heavy atom. The Morgan fingerprint density at radius 3 is 2.24 bits per heavy atom. The second-order valence-corrected chi connectivity index (χ2v) is 16.6. The molecule has 0 aliphatic heterocycles. The van der Waals surface area contributed by atoms with E-state index in [1.165, 1.54) is 0 Å². The van der Waals surface area contributed by atoms with E-state index >= 15 is 0 Å². The topological polar surface area (TPSA) is 124 Å². The lowest BCUT2D eigenvalue weighted by Gasteiger charge is -2.59. The summed E-state index contributed by atoms with van der Waals surface area (Å²) in [5, 5.41) is 18.0. The minimum atomic E-state index is -5.08. The lowest BCUT2D eigenvalue weighted by atomic mass is 9.48. The second-order valence-electron chi connectivity index (χ2n) is 16.6. The molecule has 4 aromatic rings. The molecule has 0 atom stereocenters. The van der Waals surface area contributed by atoms with Crippen LogP contribution in [0.4, 0.5) is 22.0 Å². The van der Waals surface area contributed by atoms with Crippen LogP contribution in [0.15, 0.2) is 49.1 Å². The number of alkyl halides is 5. The van der Waals surface area contributed by atoms with E-state index in [2.05, 4.69) is 20.4 Å². The molecule has 4 bridgehead atoms. The van der Waals surface area contributed by atoms with E-state index in [9.17, 15) is 36.6 Å². The maximum absolute atomic E-state index is 14.9. The van der Waals surface area contributed by atoms with Gasteiger partial charge in [-0.05, 0) is 119 Å². The van der Waals surface area contributed by atoms with Gasteiger partial charge in [0, 0.05) is 60.1 Å². The number of carbonyl (C=O) groups excluding carboxylic acids is 1. The van der Waals surface area contributed by atoms with Crippen LogP contribution in [0.3, 0.4) is 0 Å². The Hall–Kier alpha value is -4.56. The van der Waals surface area contributed by atoms with Gasteiger partial charge in [-0.15, -0.1) is 0 Å². The number of nitrogens with zero attached hydrogens (tertiary/aromatic N) is 5. The number of benzene rings is 1. The van der Waals surface area contributed by atoms with Gasteiger partial charge in [-0.3, -0.25) is 9.48 Å². The molecule has 1 amide bonds. The number of carboxylic acids is 1. The van der Waals surface area contributed by atoms with Crippen molar-refractivity contribution in [1.82, 2.24) is 29.6 Å². The summed E-state index contributed by atoms with van der Waals surface area (Å²) in [6, 6.07) is 7.14. The minimum Gasteiger partial charge on any atom is -0.490 e. The highest BCUT2D eigenvalue weighted by molar-refractivity contribution is 6.00. The zero-order chi connectivity index (χ0) is 38.3. The number of fused-ring (bicyclic) bond motifs is 1. The Bertz CT molecular complexity index is 2070. The lowest BCUT2D eigenvalue weighted by Crippen LogP contribution is -2.70. The molecule has 6 aliphatic rings. The van der Waals surface area contributed by atoms with Gasteiger partial charge in [0.2, 0.25) is 5.92 Å². The van der Waals surface area contributed by atoms with Crippen LogP contribution in [0.5, 0.6) is 5.75 Å². The third kappa shape index (κ3) is 6.44. The fourth-order valence-corrected chi connectivity index (χ4v) is 10.9. The number of hydrogen-bond acceptors (Lipinski definition) is 6. The monoisotopic (exact) mass is 766 g/mol. The molecule has 1 aromatic carbocycles. The predicted molar refractivity (Wildman–Crippen MR) is 189 cm³/mol. The van der Waals surface area contributed by atoms with Crippen LogP contribution >= 0.6 is 0 Å². The van der Waals surface area contributed by atoms with Crippen LogP contribution in [0.25, 0.3) is 22.3 Å². The molecule has 55 heavy (non-hydrogen) atoms. The quantitative estimate of drug-likeness (QED) is 0.172. The highest BCUT2D eigenvalue weighted by atomic mass is 19.4. The summed E-state index contributed by atoms with van der Waals surface area (Å²) in [6.07, 6.45) is 7.46. The van der Waals surface area contributed by atoms with E-state index in [1.54, 1.807) is 30.6 Å². The molecule has 0 saturated heterocycles. The van der Waals surface area contributed by atoms with Crippen LogP contribution in [0.1, 0.15) is 112 Å². The largest absolute Gasteiger partial charge is 0.490 e. The lowest BCUT2D eigenvalue weighted by molar-refractivity contribution is -0.163. The molecule has 292 valence electrons. The molecule has 6 aliphatic carbocycles.